The maximum atomic E-state index is 12.2. The molecule has 0 spiro atoms. The molecule has 0 aliphatic carbocycles. The minimum atomic E-state index is -0.538. The Morgan fingerprint density at radius 1 is 0.921 bits per heavy atom. The highest BCUT2D eigenvalue weighted by atomic mass is 16.6. The molecule has 0 unspecified atom stereocenters. The maximum Gasteiger partial charge on any atom is 0.408 e. The number of aryl methyl sites for hydroxylation is 1. The topological polar surface area (TPSA) is 92.8 Å². The largest absolute Gasteiger partial charge is 0.444 e. The molecule has 1 aromatic carbocycles. The number of carbonyl (C=O) groups excluding carboxylic acids is 1. The van der Waals surface area contributed by atoms with Crippen LogP contribution in [0.3, 0.4) is 0 Å². The zero-order valence-corrected chi connectivity index (χ0v) is 22.2. The Morgan fingerprint density at radius 2 is 1.68 bits per heavy atom. The normalized spacial score (nSPS) is 12.3. The molecule has 0 fully saturated rings. The molecule has 7 heteroatoms. The summed E-state index contributed by atoms with van der Waals surface area (Å²) in [4.78, 5) is 29.4. The molecule has 5 aromatic rings. The van der Waals surface area contributed by atoms with Crippen LogP contribution in [-0.4, -0.2) is 31.6 Å². The number of fused-ring (bicyclic) bond motifs is 1. The van der Waals surface area contributed by atoms with E-state index in [1.165, 1.54) is 0 Å². The highest BCUT2D eigenvalue weighted by Gasteiger charge is 2.18. The van der Waals surface area contributed by atoms with Crippen LogP contribution in [0.15, 0.2) is 79.3 Å². The molecule has 7 nitrogen and oxygen atoms in total. The fourth-order valence-electron chi connectivity index (χ4n) is 4.37. The van der Waals surface area contributed by atoms with Crippen LogP contribution >= 0.6 is 0 Å². The van der Waals surface area contributed by atoms with Crippen molar-refractivity contribution in [1.82, 2.24) is 25.3 Å². The smallest absolute Gasteiger partial charge is 0.408 e. The fourth-order valence-corrected chi connectivity index (χ4v) is 4.37. The molecule has 0 radical (unpaired) electrons. The van der Waals surface area contributed by atoms with Gasteiger partial charge in [-0.2, -0.15) is 0 Å². The lowest BCUT2D eigenvalue weighted by Gasteiger charge is -2.22. The second kappa shape index (κ2) is 10.1. The summed E-state index contributed by atoms with van der Waals surface area (Å²) in [6.45, 7) is 9.46. The summed E-state index contributed by atoms with van der Waals surface area (Å²) in [6, 6.07) is 20.1. The van der Waals surface area contributed by atoms with Crippen molar-refractivity contribution >= 4 is 17.1 Å². The van der Waals surface area contributed by atoms with Crippen LogP contribution in [-0.2, 0) is 4.74 Å². The first kappa shape index (κ1) is 25.1. The van der Waals surface area contributed by atoms with Crippen molar-refractivity contribution in [2.24, 2.45) is 0 Å². The SMILES string of the molecule is Cc1cccc(-c2cc(-c3cncc(-c4ccc([C@H](C)NC(=O)OC(C)(C)C)cc4)c3)c3cc[nH]c3n2)n1. The Balaban J connectivity index is 1.44. The maximum absolute atomic E-state index is 12.2. The minimum absolute atomic E-state index is 0.185. The number of nitrogens with zero attached hydrogens (tertiary/aromatic N) is 3. The molecule has 4 heterocycles. The lowest BCUT2D eigenvalue weighted by Crippen LogP contribution is -2.34. The lowest BCUT2D eigenvalue weighted by atomic mass is 9.98. The van der Waals surface area contributed by atoms with E-state index in [0.29, 0.717) is 0 Å². The van der Waals surface area contributed by atoms with Gasteiger partial charge >= 0.3 is 6.09 Å². The number of nitrogens with one attached hydrogen (secondary N) is 2. The number of benzene rings is 1. The average molecular weight is 506 g/mol. The van der Waals surface area contributed by atoms with E-state index in [4.69, 9.17) is 9.72 Å². The van der Waals surface area contributed by atoms with Gasteiger partial charge in [-0.05, 0) is 81.6 Å². The Hall–Kier alpha value is -4.52. The van der Waals surface area contributed by atoms with Gasteiger partial charge in [-0.25, -0.2) is 9.78 Å². The van der Waals surface area contributed by atoms with Gasteiger partial charge in [0.2, 0.25) is 0 Å². The number of carbonyl (C=O) groups is 1. The molecule has 1 atom stereocenters. The number of rotatable bonds is 5. The molecule has 0 saturated carbocycles. The molecule has 4 aromatic heterocycles. The molecule has 38 heavy (non-hydrogen) atoms. The summed E-state index contributed by atoms with van der Waals surface area (Å²) in [5, 5.41) is 3.92. The van der Waals surface area contributed by atoms with Crippen LogP contribution in [0.2, 0.25) is 0 Å². The first-order valence-corrected chi connectivity index (χ1v) is 12.6. The van der Waals surface area contributed by atoms with E-state index >= 15 is 0 Å². The predicted molar refractivity (Wildman–Crippen MR) is 151 cm³/mol. The third kappa shape index (κ3) is 5.57. The number of ether oxygens (including phenoxy) is 1. The number of alkyl carbamates (subject to hydrolysis) is 1. The first-order chi connectivity index (χ1) is 18.2. The highest BCUT2D eigenvalue weighted by Crippen LogP contribution is 2.33. The van der Waals surface area contributed by atoms with Gasteiger partial charge in [-0.3, -0.25) is 9.97 Å². The number of hydrogen-bond donors (Lipinski definition) is 2. The lowest BCUT2D eigenvalue weighted by molar-refractivity contribution is 0.0508. The van der Waals surface area contributed by atoms with Crippen molar-refractivity contribution in [2.75, 3.05) is 0 Å². The van der Waals surface area contributed by atoms with E-state index in [0.717, 1.165) is 55.9 Å². The third-order valence-corrected chi connectivity index (χ3v) is 6.21. The number of aromatic amines is 1. The zero-order chi connectivity index (χ0) is 26.9. The Labute approximate surface area is 222 Å². The van der Waals surface area contributed by atoms with E-state index in [-0.39, 0.29) is 6.04 Å². The van der Waals surface area contributed by atoms with E-state index in [9.17, 15) is 4.79 Å². The molecule has 0 bridgehead atoms. The number of pyridine rings is 3. The summed E-state index contributed by atoms with van der Waals surface area (Å²) in [6.07, 6.45) is 5.20. The van der Waals surface area contributed by atoms with Crippen molar-refractivity contribution < 1.29 is 9.53 Å². The molecule has 192 valence electrons. The second-order valence-corrected chi connectivity index (χ2v) is 10.4. The minimum Gasteiger partial charge on any atom is -0.444 e. The molecule has 0 aliphatic heterocycles. The van der Waals surface area contributed by atoms with Gasteiger partial charge in [0.15, 0.2) is 0 Å². The summed E-state index contributed by atoms with van der Waals surface area (Å²) in [7, 11) is 0. The monoisotopic (exact) mass is 505 g/mol. The summed E-state index contributed by atoms with van der Waals surface area (Å²) in [5.74, 6) is 0. The molecule has 2 N–H and O–H groups in total. The Kier molecular flexibility index (Phi) is 6.68. The number of aromatic nitrogens is 4. The summed E-state index contributed by atoms with van der Waals surface area (Å²) < 4.78 is 5.38. The van der Waals surface area contributed by atoms with E-state index in [1.807, 2.05) is 102 Å². The standard InChI is InChI=1S/C31H31N5O2/c1-19-7-6-8-27(34-19)28-16-26(25-13-14-33-29(25)36-28)24-15-23(17-32-18-24)22-11-9-21(10-12-22)20(2)35-30(37)38-31(3,4)5/h6-18,20H,1-5H3,(H,33,36)(H,35,37)/t20-/m0/s1. The van der Waals surface area contributed by atoms with Gasteiger partial charge in [-0.1, -0.05) is 30.3 Å². The highest BCUT2D eigenvalue weighted by molar-refractivity contribution is 5.95. The molecule has 0 aliphatic rings. The number of amides is 1. The fraction of sp³-hybridized carbons (Fsp3) is 0.226. The van der Waals surface area contributed by atoms with E-state index in [1.54, 1.807) is 0 Å². The van der Waals surface area contributed by atoms with Crippen LogP contribution in [0.4, 0.5) is 4.79 Å². The van der Waals surface area contributed by atoms with Crippen molar-refractivity contribution in [2.45, 2.75) is 46.3 Å². The quantitative estimate of drug-likeness (QED) is 0.262. The second-order valence-electron chi connectivity index (χ2n) is 10.4. The van der Waals surface area contributed by atoms with Crippen molar-refractivity contribution in [3.8, 4) is 33.6 Å². The van der Waals surface area contributed by atoms with Crippen LogP contribution in [0.1, 0.15) is 45.0 Å². The van der Waals surface area contributed by atoms with E-state index in [2.05, 4.69) is 32.4 Å². The molecule has 1 amide bonds. The van der Waals surface area contributed by atoms with Crippen molar-refractivity contribution in [3.05, 3.63) is 90.5 Å². The van der Waals surface area contributed by atoms with Gasteiger partial charge in [0.1, 0.15) is 11.2 Å². The molecular formula is C31H31N5O2. The van der Waals surface area contributed by atoms with Crippen LogP contribution < -0.4 is 5.32 Å². The third-order valence-electron chi connectivity index (χ3n) is 6.21. The Morgan fingerprint density at radius 3 is 2.42 bits per heavy atom. The zero-order valence-electron chi connectivity index (χ0n) is 22.2. The number of hydrogen-bond acceptors (Lipinski definition) is 5. The van der Waals surface area contributed by atoms with Crippen molar-refractivity contribution in [3.63, 3.8) is 0 Å². The summed E-state index contributed by atoms with van der Waals surface area (Å²) in [5.41, 5.74) is 7.90. The molecule has 5 rings (SSSR count). The van der Waals surface area contributed by atoms with Crippen LogP contribution in [0.5, 0.6) is 0 Å². The van der Waals surface area contributed by atoms with Gasteiger partial charge in [0.25, 0.3) is 0 Å². The van der Waals surface area contributed by atoms with Gasteiger partial charge in [-0.15, -0.1) is 0 Å². The molecular weight excluding hydrogens is 474 g/mol. The average Bonchev–Trinajstić information content (AvgIpc) is 3.36. The van der Waals surface area contributed by atoms with Gasteiger partial charge in [0.05, 0.1) is 17.4 Å². The Bertz CT molecular complexity index is 1600. The molecule has 0 saturated heterocycles. The first-order valence-electron chi connectivity index (χ1n) is 12.6. The van der Waals surface area contributed by atoms with Crippen LogP contribution in [0, 0.1) is 6.92 Å². The van der Waals surface area contributed by atoms with Crippen molar-refractivity contribution in [1.29, 1.82) is 0 Å². The van der Waals surface area contributed by atoms with Gasteiger partial charge in [0, 0.05) is 40.8 Å². The summed E-state index contributed by atoms with van der Waals surface area (Å²) >= 11 is 0. The number of H-pyrrole nitrogens is 1. The van der Waals surface area contributed by atoms with Crippen LogP contribution in [0.25, 0.3) is 44.7 Å². The predicted octanol–water partition coefficient (Wildman–Crippen LogP) is 7.25. The van der Waals surface area contributed by atoms with E-state index < -0.39 is 11.7 Å². The van der Waals surface area contributed by atoms with Gasteiger partial charge < -0.3 is 15.0 Å².